The molecule has 1 unspecified atom stereocenters. The average molecular weight is 392 g/mol. The van der Waals surface area contributed by atoms with Gasteiger partial charge in [-0.2, -0.15) is 0 Å². The van der Waals surface area contributed by atoms with Gasteiger partial charge in [0.05, 0.1) is 11.6 Å². The van der Waals surface area contributed by atoms with Crippen LogP contribution in [0.15, 0.2) is 24.3 Å². The lowest BCUT2D eigenvalue weighted by Gasteiger charge is -2.41. The molecule has 1 aromatic carbocycles. The average Bonchev–Trinajstić information content (AvgIpc) is 3.32. The van der Waals surface area contributed by atoms with Crippen LogP contribution < -0.4 is 5.32 Å². The van der Waals surface area contributed by atoms with Crippen molar-refractivity contribution < 1.29 is 9.90 Å². The zero-order valence-corrected chi connectivity index (χ0v) is 16.8. The number of hydrogen-bond donors (Lipinski definition) is 2. The van der Waals surface area contributed by atoms with Gasteiger partial charge < -0.3 is 15.3 Å². The Morgan fingerprint density at radius 1 is 1.22 bits per heavy atom. The number of nitrogens with zero attached hydrogens (tertiary/aromatic N) is 2. The molecule has 3 aliphatic heterocycles. The van der Waals surface area contributed by atoms with Gasteiger partial charge in [-0.05, 0) is 49.3 Å². The molecule has 0 aromatic heterocycles. The van der Waals surface area contributed by atoms with Crippen LogP contribution in [0.25, 0.3) is 0 Å². The molecule has 3 aliphatic rings. The van der Waals surface area contributed by atoms with Crippen molar-refractivity contribution >= 4 is 17.5 Å². The van der Waals surface area contributed by atoms with E-state index in [1.54, 1.807) is 0 Å². The zero-order chi connectivity index (χ0) is 19.0. The summed E-state index contributed by atoms with van der Waals surface area (Å²) in [6.07, 6.45) is 3.43. The van der Waals surface area contributed by atoms with Crippen molar-refractivity contribution in [2.75, 3.05) is 32.7 Å². The first kappa shape index (κ1) is 19.2. The van der Waals surface area contributed by atoms with Crippen LogP contribution >= 0.6 is 11.6 Å². The summed E-state index contributed by atoms with van der Waals surface area (Å²) in [5.41, 5.74) is 0.181. The second-order valence-corrected chi connectivity index (χ2v) is 9.04. The SMILES string of the molecule is CC1CCN(C(=O)[C@@H]2C[C@H](N3CCC(O)(c4ccc(Cl)cc4)CC3)CN2)C1. The largest absolute Gasteiger partial charge is 0.385 e. The van der Waals surface area contributed by atoms with Gasteiger partial charge in [0.1, 0.15) is 0 Å². The Morgan fingerprint density at radius 3 is 2.56 bits per heavy atom. The van der Waals surface area contributed by atoms with Gasteiger partial charge in [0.15, 0.2) is 0 Å². The van der Waals surface area contributed by atoms with Crippen molar-refractivity contribution in [3.63, 3.8) is 0 Å². The molecule has 27 heavy (non-hydrogen) atoms. The Balaban J connectivity index is 1.31. The molecule has 6 heteroatoms. The van der Waals surface area contributed by atoms with Gasteiger partial charge in [-0.1, -0.05) is 30.7 Å². The van der Waals surface area contributed by atoms with Crippen LogP contribution in [-0.2, 0) is 10.4 Å². The third kappa shape index (κ3) is 4.02. The highest BCUT2D eigenvalue weighted by Gasteiger charge is 2.40. The van der Waals surface area contributed by atoms with Crippen molar-refractivity contribution in [2.45, 2.75) is 50.3 Å². The van der Waals surface area contributed by atoms with E-state index in [4.69, 9.17) is 11.6 Å². The topological polar surface area (TPSA) is 55.8 Å². The summed E-state index contributed by atoms with van der Waals surface area (Å²) in [4.78, 5) is 17.2. The van der Waals surface area contributed by atoms with Gasteiger partial charge in [-0.15, -0.1) is 0 Å². The zero-order valence-electron chi connectivity index (χ0n) is 16.0. The Labute approximate surface area is 166 Å². The molecule has 0 radical (unpaired) electrons. The number of piperidine rings is 1. The van der Waals surface area contributed by atoms with Crippen molar-refractivity contribution in [1.29, 1.82) is 0 Å². The number of carbonyl (C=O) groups excluding carboxylic acids is 1. The number of nitrogens with one attached hydrogen (secondary N) is 1. The number of likely N-dealkylation sites (tertiary alicyclic amines) is 2. The van der Waals surface area contributed by atoms with Gasteiger partial charge in [0, 0.05) is 43.8 Å². The first-order chi connectivity index (χ1) is 12.9. The third-order valence-corrected chi connectivity index (χ3v) is 6.92. The fourth-order valence-electron chi connectivity index (χ4n) is 4.85. The van der Waals surface area contributed by atoms with Gasteiger partial charge in [0.2, 0.25) is 5.91 Å². The summed E-state index contributed by atoms with van der Waals surface area (Å²) < 4.78 is 0. The molecule has 0 bridgehead atoms. The van der Waals surface area contributed by atoms with E-state index >= 15 is 0 Å². The predicted molar refractivity (Wildman–Crippen MR) is 107 cm³/mol. The molecular weight excluding hydrogens is 362 g/mol. The normalized spacial score (nSPS) is 31.4. The van der Waals surface area contributed by atoms with Crippen LogP contribution in [-0.4, -0.2) is 65.6 Å². The number of carbonyl (C=O) groups is 1. The Morgan fingerprint density at radius 2 is 1.93 bits per heavy atom. The van der Waals surface area contributed by atoms with E-state index in [-0.39, 0.29) is 11.9 Å². The molecule has 3 heterocycles. The van der Waals surface area contributed by atoms with Crippen molar-refractivity contribution in [2.24, 2.45) is 5.92 Å². The molecular formula is C21H30ClN3O2. The van der Waals surface area contributed by atoms with Crippen LogP contribution in [0.5, 0.6) is 0 Å². The van der Waals surface area contributed by atoms with E-state index in [0.717, 1.165) is 51.1 Å². The summed E-state index contributed by atoms with van der Waals surface area (Å²) >= 11 is 5.97. The molecule has 1 amide bonds. The Kier molecular flexibility index (Phi) is 5.48. The van der Waals surface area contributed by atoms with Gasteiger partial charge >= 0.3 is 0 Å². The van der Waals surface area contributed by atoms with Gasteiger partial charge in [-0.25, -0.2) is 0 Å². The minimum Gasteiger partial charge on any atom is -0.385 e. The summed E-state index contributed by atoms with van der Waals surface area (Å²) in [5, 5.41) is 15.2. The highest BCUT2D eigenvalue weighted by Crippen LogP contribution is 2.35. The maximum Gasteiger partial charge on any atom is 0.239 e. The number of amides is 1. The summed E-state index contributed by atoms with van der Waals surface area (Å²) in [5.74, 6) is 0.898. The summed E-state index contributed by atoms with van der Waals surface area (Å²) in [6.45, 7) is 6.59. The maximum absolute atomic E-state index is 12.7. The smallest absolute Gasteiger partial charge is 0.239 e. The first-order valence-corrected chi connectivity index (χ1v) is 10.6. The number of aliphatic hydroxyl groups is 1. The number of rotatable bonds is 3. The van der Waals surface area contributed by atoms with E-state index in [9.17, 15) is 9.90 Å². The summed E-state index contributed by atoms with van der Waals surface area (Å²) in [6, 6.07) is 7.89. The highest BCUT2D eigenvalue weighted by atomic mass is 35.5. The third-order valence-electron chi connectivity index (χ3n) is 6.66. The minimum absolute atomic E-state index is 0.0441. The van der Waals surface area contributed by atoms with E-state index in [1.807, 2.05) is 29.2 Å². The van der Waals surface area contributed by atoms with Crippen LogP contribution in [0.1, 0.15) is 38.2 Å². The highest BCUT2D eigenvalue weighted by molar-refractivity contribution is 6.30. The lowest BCUT2D eigenvalue weighted by molar-refractivity contribution is -0.132. The van der Waals surface area contributed by atoms with Crippen molar-refractivity contribution in [3.8, 4) is 0 Å². The van der Waals surface area contributed by atoms with Crippen LogP contribution in [0, 0.1) is 5.92 Å². The number of benzene rings is 1. The molecule has 3 atom stereocenters. The van der Waals surface area contributed by atoms with Crippen LogP contribution in [0.4, 0.5) is 0 Å². The Bertz CT molecular complexity index is 673. The molecule has 4 rings (SSSR count). The van der Waals surface area contributed by atoms with E-state index < -0.39 is 5.60 Å². The van der Waals surface area contributed by atoms with Crippen LogP contribution in [0.2, 0.25) is 5.02 Å². The molecule has 148 valence electrons. The molecule has 3 saturated heterocycles. The van der Waals surface area contributed by atoms with Gasteiger partial charge in [0.25, 0.3) is 0 Å². The maximum atomic E-state index is 12.7. The summed E-state index contributed by atoms with van der Waals surface area (Å²) in [7, 11) is 0. The quantitative estimate of drug-likeness (QED) is 0.829. The Hall–Kier alpha value is -1.14. The molecule has 5 nitrogen and oxygen atoms in total. The number of halogens is 1. The predicted octanol–water partition coefficient (Wildman–Crippen LogP) is 2.22. The van der Waals surface area contributed by atoms with E-state index in [1.165, 1.54) is 0 Å². The second kappa shape index (κ2) is 7.70. The molecule has 0 spiro atoms. The van der Waals surface area contributed by atoms with Crippen LogP contribution in [0.3, 0.4) is 0 Å². The molecule has 1 aromatic rings. The van der Waals surface area contributed by atoms with Gasteiger partial charge in [-0.3, -0.25) is 9.69 Å². The minimum atomic E-state index is -0.770. The van der Waals surface area contributed by atoms with E-state index in [0.29, 0.717) is 29.8 Å². The number of hydrogen-bond acceptors (Lipinski definition) is 4. The standard InChI is InChI=1S/C21H30ClN3O2/c1-15-6-9-25(14-15)20(26)19-12-18(13-23-19)24-10-7-21(27,8-11-24)16-2-4-17(22)5-3-16/h2-5,15,18-19,23,27H,6-14H2,1H3/t15?,18-,19-/m0/s1. The van der Waals surface area contributed by atoms with Crippen molar-refractivity contribution in [3.05, 3.63) is 34.9 Å². The lowest BCUT2D eigenvalue weighted by Crippen LogP contribution is -2.47. The molecule has 0 saturated carbocycles. The van der Waals surface area contributed by atoms with E-state index in [2.05, 4.69) is 17.1 Å². The lowest BCUT2D eigenvalue weighted by atomic mass is 9.84. The van der Waals surface area contributed by atoms with Crippen molar-refractivity contribution in [1.82, 2.24) is 15.1 Å². The molecule has 0 aliphatic carbocycles. The first-order valence-electron chi connectivity index (χ1n) is 10.2. The molecule has 2 N–H and O–H groups in total. The fraction of sp³-hybridized carbons (Fsp3) is 0.667. The fourth-order valence-corrected chi connectivity index (χ4v) is 4.97. The monoisotopic (exact) mass is 391 g/mol. The molecule has 3 fully saturated rings. The second-order valence-electron chi connectivity index (χ2n) is 8.60.